The Hall–Kier alpha value is -3.20. The number of rotatable bonds is 4. The van der Waals surface area contributed by atoms with Gasteiger partial charge in [0.25, 0.3) is 0 Å². The molecule has 4 aromatic rings. The zero-order valence-electron chi connectivity index (χ0n) is 14.6. The fourth-order valence-corrected chi connectivity index (χ4v) is 3.47. The van der Waals surface area contributed by atoms with Crippen molar-refractivity contribution in [1.82, 2.24) is 0 Å². The van der Waals surface area contributed by atoms with Crippen LogP contribution in [0.5, 0.6) is 5.75 Å². The Kier molecular flexibility index (Phi) is 4.59. The van der Waals surface area contributed by atoms with Crippen LogP contribution in [0.1, 0.15) is 11.1 Å². The highest BCUT2D eigenvalue weighted by atomic mass is 19.1. The second-order valence-electron chi connectivity index (χ2n) is 6.61. The zero-order chi connectivity index (χ0) is 18.8. The van der Waals surface area contributed by atoms with Crippen LogP contribution in [-0.4, -0.2) is 5.11 Å². The van der Waals surface area contributed by atoms with E-state index in [-0.39, 0.29) is 5.75 Å². The molecule has 0 bridgehead atoms. The molecule has 0 saturated heterocycles. The first-order chi connectivity index (χ1) is 13.1. The molecule has 3 heteroatoms. The molecule has 0 spiro atoms. The molecular weight excluding hydrogens is 342 g/mol. The molecule has 27 heavy (non-hydrogen) atoms. The van der Waals surface area contributed by atoms with E-state index < -0.39 is 11.6 Å². The Balaban J connectivity index is 1.78. The Morgan fingerprint density at radius 1 is 0.704 bits per heavy atom. The minimum atomic E-state index is -0.586. The van der Waals surface area contributed by atoms with Crippen LogP contribution in [0.2, 0.25) is 0 Å². The van der Waals surface area contributed by atoms with Gasteiger partial charge in [0, 0.05) is 11.6 Å². The molecule has 0 fully saturated rings. The molecule has 134 valence electrons. The van der Waals surface area contributed by atoms with Crippen LogP contribution in [0, 0.1) is 11.6 Å². The third kappa shape index (κ3) is 3.54. The first kappa shape index (κ1) is 17.2. The normalized spacial score (nSPS) is 11.0. The maximum atomic E-state index is 14.3. The van der Waals surface area contributed by atoms with Gasteiger partial charge < -0.3 is 5.11 Å². The van der Waals surface area contributed by atoms with Crippen LogP contribution in [0.25, 0.3) is 21.9 Å². The van der Waals surface area contributed by atoms with Crippen LogP contribution in [0.3, 0.4) is 0 Å². The molecule has 0 aliphatic rings. The quantitative estimate of drug-likeness (QED) is 0.454. The molecule has 0 aliphatic heterocycles. The number of hydrogen-bond donors (Lipinski definition) is 1. The summed E-state index contributed by atoms with van der Waals surface area (Å²) in [5, 5.41) is 12.1. The van der Waals surface area contributed by atoms with Gasteiger partial charge in [0.1, 0.15) is 17.4 Å². The highest BCUT2D eigenvalue weighted by molar-refractivity contribution is 5.90. The van der Waals surface area contributed by atoms with Gasteiger partial charge in [0.15, 0.2) is 0 Å². The fourth-order valence-electron chi connectivity index (χ4n) is 3.47. The number of fused-ring (bicyclic) bond motifs is 1. The van der Waals surface area contributed by atoms with E-state index in [9.17, 15) is 13.9 Å². The van der Waals surface area contributed by atoms with Crippen LogP contribution in [-0.2, 0) is 12.8 Å². The van der Waals surface area contributed by atoms with Gasteiger partial charge in [-0.25, -0.2) is 8.78 Å². The van der Waals surface area contributed by atoms with E-state index in [1.807, 2.05) is 48.5 Å². The van der Waals surface area contributed by atoms with Gasteiger partial charge in [-0.1, -0.05) is 48.5 Å². The second kappa shape index (κ2) is 7.20. The molecule has 4 aromatic carbocycles. The maximum absolute atomic E-state index is 14.3. The Bertz CT molecular complexity index is 1120. The summed E-state index contributed by atoms with van der Waals surface area (Å²) in [4.78, 5) is 0. The van der Waals surface area contributed by atoms with Gasteiger partial charge in [-0.3, -0.25) is 0 Å². The third-order valence-corrected chi connectivity index (χ3v) is 4.84. The molecule has 0 amide bonds. The minimum Gasteiger partial charge on any atom is -0.508 e. The summed E-state index contributed by atoms with van der Waals surface area (Å²) in [6, 6.07) is 22.8. The van der Waals surface area contributed by atoms with Crippen LogP contribution < -0.4 is 0 Å². The second-order valence-corrected chi connectivity index (χ2v) is 6.61. The monoisotopic (exact) mass is 360 g/mol. The number of hydrogen-bond acceptors (Lipinski definition) is 1. The van der Waals surface area contributed by atoms with E-state index in [2.05, 4.69) is 0 Å². The molecule has 0 aromatic heterocycles. The Morgan fingerprint density at radius 3 is 2.26 bits per heavy atom. The fraction of sp³-hybridized carbons (Fsp3) is 0.0833. The summed E-state index contributed by atoms with van der Waals surface area (Å²) < 4.78 is 27.6. The molecule has 0 saturated carbocycles. The molecule has 0 aliphatic carbocycles. The minimum absolute atomic E-state index is 0.280. The van der Waals surface area contributed by atoms with E-state index in [1.54, 1.807) is 12.1 Å². The van der Waals surface area contributed by atoms with Gasteiger partial charge in [0.05, 0.1) is 0 Å². The van der Waals surface area contributed by atoms with E-state index in [0.29, 0.717) is 18.4 Å². The summed E-state index contributed by atoms with van der Waals surface area (Å²) in [6.07, 6.45) is 1.38. The number of aromatic hydroxyl groups is 1. The number of benzene rings is 4. The molecular formula is C24H18F2O. The molecule has 1 N–H and O–H groups in total. The number of para-hydroxylation sites is 1. The molecule has 4 rings (SSSR count). The molecule has 0 radical (unpaired) electrons. The van der Waals surface area contributed by atoms with Gasteiger partial charge in [-0.2, -0.15) is 0 Å². The smallest absolute Gasteiger partial charge is 0.133 e. The SMILES string of the molecule is Oc1ccccc1CCc1cc(-c2ccc(F)cc2F)cc2ccccc12. The van der Waals surface area contributed by atoms with Crippen LogP contribution in [0.15, 0.2) is 78.9 Å². The van der Waals surface area contributed by atoms with Crippen LogP contribution in [0.4, 0.5) is 8.78 Å². The zero-order valence-corrected chi connectivity index (χ0v) is 14.6. The standard InChI is InChI=1S/C24H18F2O/c25-20-11-12-22(23(26)15-20)19-13-17-6-1-3-7-21(17)18(14-19)10-9-16-5-2-4-8-24(16)27/h1-8,11-15,27H,9-10H2. The highest BCUT2D eigenvalue weighted by Gasteiger charge is 2.11. The Labute approximate surface area is 156 Å². The lowest BCUT2D eigenvalue weighted by atomic mass is 9.93. The highest BCUT2D eigenvalue weighted by Crippen LogP contribution is 2.31. The first-order valence-corrected chi connectivity index (χ1v) is 8.86. The summed E-state index contributed by atoms with van der Waals surface area (Å²) in [6.45, 7) is 0. The largest absolute Gasteiger partial charge is 0.508 e. The lowest BCUT2D eigenvalue weighted by Gasteiger charge is -2.12. The van der Waals surface area contributed by atoms with Crippen molar-refractivity contribution in [3.05, 3.63) is 102 Å². The summed E-state index contributed by atoms with van der Waals surface area (Å²) in [5.74, 6) is -0.878. The molecule has 0 heterocycles. The summed E-state index contributed by atoms with van der Waals surface area (Å²) >= 11 is 0. The van der Waals surface area contributed by atoms with Crippen molar-refractivity contribution in [1.29, 1.82) is 0 Å². The predicted octanol–water partition coefficient (Wildman–Crippen LogP) is 6.28. The van der Waals surface area contributed by atoms with Gasteiger partial charge >= 0.3 is 0 Å². The van der Waals surface area contributed by atoms with Crippen molar-refractivity contribution < 1.29 is 13.9 Å². The third-order valence-electron chi connectivity index (χ3n) is 4.84. The summed E-state index contributed by atoms with van der Waals surface area (Å²) in [7, 11) is 0. The average Bonchev–Trinajstić information content (AvgIpc) is 2.67. The van der Waals surface area contributed by atoms with Crippen LogP contribution >= 0.6 is 0 Å². The van der Waals surface area contributed by atoms with Crippen molar-refractivity contribution in [2.45, 2.75) is 12.8 Å². The van der Waals surface area contributed by atoms with Gasteiger partial charge in [-0.15, -0.1) is 0 Å². The van der Waals surface area contributed by atoms with Crippen molar-refractivity contribution in [2.75, 3.05) is 0 Å². The first-order valence-electron chi connectivity index (χ1n) is 8.86. The predicted molar refractivity (Wildman–Crippen MR) is 105 cm³/mol. The van der Waals surface area contributed by atoms with E-state index in [4.69, 9.17) is 0 Å². The topological polar surface area (TPSA) is 20.2 Å². The van der Waals surface area contributed by atoms with Crippen molar-refractivity contribution in [3.8, 4) is 16.9 Å². The number of halogens is 2. The van der Waals surface area contributed by atoms with Crippen molar-refractivity contribution >= 4 is 10.8 Å². The number of phenolic OH excluding ortho intramolecular Hbond substituents is 1. The van der Waals surface area contributed by atoms with Crippen molar-refractivity contribution in [2.24, 2.45) is 0 Å². The molecule has 0 unspecified atom stereocenters. The average molecular weight is 360 g/mol. The van der Waals surface area contributed by atoms with Crippen molar-refractivity contribution in [3.63, 3.8) is 0 Å². The van der Waals surface area contributed by atoms with Gasteiger partial charge in [-0.05, 0) is 64.6 Å². The number of aryl methyl sites for hydroxylation is 2. The Morgan fingerprint density at radius 2 is 1.44 bits per heavy atom. The van der Waals surface area contributed by atoms with E-state index in [0.717, 1.165) is 33.5 Å². The molecule has 0 atom stereocenters. The lowest BCUT2D eigenvalue weighted by molar-refractivity contribution is 0.468. The van der Waals surface area contributed by atoms with E-state index in [1.165, 1.54) is 12.1 Å². The maximum Gasteiger partial charge on any atom is 0.133 e. The lowest BCUT2D eigenvalue weighted by Crippen LogP contribution is -1.95. The number of phenols is 1. The summed E-state index contributed by atoms with van der Waals surface area (Å²) in [5.41, 5.74) is 3.04. The molecule has 1 nitrogen and oxygen atoms in total. The van der Waals surface area contributed by atoms with E-state index >= 15 is 0 Å². The van der Waals surface area contributed by atoms with Gasteiger partial charge in [0.2, 0.25) is 0 Å².